The average Bonchev–Trinajstić information content (AvgIpc) is 2.36. The molecule has 124 valence electrons. The van der Waals surface area contributed by atoms with Crippen molar-refractivity contribution >= 4 is 11.9 Å². The molecular formula is C15H19F3O4. The predicted molar refractivity (Wildman–Crippen MR) is 72.9 cm³/mol. The van der Waals surface area contributed by atoms with Gasteiger partial charge in [0.2, 0.25) is 0 Å². The van der Waals surface area contributed by atoms with Crippen molar-refractivity contribution in [3.8, 4) is 0 Å². The van der Waals surface area contributed by atoms with E-state index in [2.05, 4.69) is 4.74 Å². The maximum Gasteiger partial charge on any atom is 0.425 e. The Bertz CT molecular complexity index is 468. The molecule has 0 N–H and O–H groups in total. The summed E-state index contributed by atoms with van der Waals surface area (Å²) in [4.78, 5) is 22.0. The summed E-state index contributed by atoms with van der Waals surface area (Å²) in [5.74, 6) is -1.47. The average molecular weight is 320 g/mol. The molecule has 4 nitrogen and oxygen atoms in total. The molecule has 0 aromatic heterocycles. The van der Waals surface area contributed by atoms with Gasteiger partial charge in [-0.05, 0) is 25.3 Å². The third-order valence-electron chi connectivity index (χ3n) is 3.20. The van der Waals surface area contributed by atoms with Crippen LogP contribution in [-0.2, 0) is 19.1 Å². The summed E-state index contributed by atoms with van der Waals surface area (Å²) in [5.41, 5.74) is -0.924. The number of hydrogen-bond donors (Lipinski definition) is 0. The maximum absolute atomic E-state index is 12.8. The normalized spacial score (nSPS) is 22.2. The number of hydrogen-bond acceptors (Lipinski definition) is 4. The molecule has 0 aliphatic heterocycles. The van der Waals surface area contributed by atoms with Gasteiger partial charge < -0.3 is 9.47 Å². The molecule has 0 amide bonds. The number of esters is 2. The molecule has 0 bridgehead atoms. The lowest BCUT2D eigenvalue weighted by Crippen LogP contribution is -2.36. The summed E-state index contributed by atoms with van der Waals surface area (Å²) in [7, 11) is 0. The fourth-order valence-electron chi connectivity index (χ4n) is 2.32. The number of halogens is 3. The predicted octanol–water partition coefficient (Wildman–Crippen LogP) is 3.47. The van der Waals surface area contributed by atoms with E-state index in [1.54, 1.807) is 24.3 Å². The zero-order chi connectivity index (χ0) is 16.8. The maximum atomic E-state index is 12.8. The highest BCUT2D eigenvalue weighted by molar-refractivity contribution is 5.67. The topological polar surface area (TPSA) is 52.6 Å². The lowest BCUT2D eigenvalue weighted by molar-refractivity contribution is -0.222. The summed E-state index contributed by atoms with van der Waals surface area (Å²) < 4.78 is 47.9. The quantitative estimate of drug-likeness (QED) is 0.703. The zero-order valence-electron chi connectivity index (χ0n) is 12.5. The van der Waals surface area contributed by atoms with Crippen molar-refractivity contribution in [2.45, 2.75) is 57.4 Å². The number of ether oxygens (including phenoxy) is 2. The summed E-state index contributed by atoms with van der Waals surface area (Å²) >= 11 is 0. The van der Waals surface area contributed by atoms with Crippen LogP contribution in [0.3, 0.4) is 0 Å². The van der Waals surface area contributed by atoms with E-state index >= 15 is 0 Å². The Hall–Kier alpha value is -1.79. The van der Waals surface area contributed by atoms with Crippen LogP contribution in [0, 0.1) is 0 Å². The monoisotopic (exact) mass is 320 g/mol. The van der Waals surface area contributed by atoms with Crippen LogP contribution in [0.4, 0.5) is 13.2 Å². The van der Waals surface area contributed by atoms with Gasteiger partial charge in [-0.25, -0.2) is 0 Å². The molecule has 1 rings (SSSR count). The summed E-state index contributed by atoms with van der Waals surface area (Å²) in [6, 6.07) is 0. The van der Waals surface area contributed by atoms with Gasteiger partial charge in [-0.1, -0.05) is 18.2 Å². The van der Waals surface area contributed by atoms with Crippen molar-refractivity contribution in [1.29, 1.82) is 0 Å². The Morgan fingerprint density at radius 3 is 2.36 bits per heavy atom. The first-order chi connectivity index (χ1) is 10.1. The largest absolute Gasteiger partial charge is 0.455 e. The van der Waals surface area contributed by atoms with E-state index < -0.39 is 29.8 Å². The van der Waals surface area contributed by atoms with Gasteiger partial charge in [-0.2, -0.15) is 13.2 Å². The second-order valence-electron chi connectivity index (χ2n) is 5.18. The number of carbonyl (C=O) groups excluding carboxylic acids is 2. The fourth-order valence-corrected chi connectivity index (χ4v) is 2.32. The van der Waals surface area contributed by atoms with Gasteiger partial charge in [0.05, 0.1) is 0 Å². The Balaban J connectivity index is 2.64. The van der Waals surface area contributed by atoms with E-state index in [9.17, 15) is 22.8 Å². The third-order valence-corrected chi connectivity index (χ3v) is 3.20. The standard InChI is InChI=1S/C15H19F3O4/c1-11(19)21-13(15(16,17)18)7-6-10-14(22-12(2)20)8-4-3-5-9-14/h3-5,8,13H,6-7,9-10H2,1-2H3. The SMILES string of the molecule is CC(=O)OC(CCCC1(OC(C)=O)C=CC=CC1)C(F)(F)F. The number of carbonyl (C=O) groups is 2. The highest BCUT2D eigenvalue weighted by Crippen LogP contribution is 2.32. The van der Waals surface area contributed by atoms with Crippen molar-refractivity contribution < 1.29 is 32.2 Å². The summed E-state index contributed by atoms with van der Waals surface area (Å²) in [6.07, 6.45) is 0.546. The van der Waals surface area contributed by atoms with E-state index in [0.717, 1.165) is 6.92 Å². The van der Waals surface area contributed by atoms with Gasteiger partial charge in [0, 0.05) is 20.3 Å². The molecule has 1 aliphatic rings. The van der Waals surface area contributed by atoms with Gasteiger partial charge >= 0.3 is 18.1 Å². The summed E-state index contributed by atoms with van der Waals surface area (Å²) in [6.45, 7) is 2.19. The van der Waals surface area contributed by atoms with Crippen molar-refractivity contribution in [3.63, 3.8) is 0 Å². The minimum Gasteiger partial charge on any atom is -0.455 e. The molecule has 0 spiro atoms. The van der Waals surface area contributed by atoms with E-state index in [1.165, 1.54) is 6.92 Å². The molecule has 2 unspecified atom stereocenters. The second-order valence-corrected chi connectivity index (χ2v) is 5.18. The highest BCUT2D eigenvalue weighted by atomic mass is 19.4. The molecule has 0 saturated heterocycles. The number of rotatable bonds is 6. The van der Waals surface area contributed by atoms with Crippen LogP contribution < -0.4 is 0 Å². The van der Waals surface area contributed by atoms with Crippen LogP contribution >= 0.6 is 0 Å². The van der Waals surface area contributed by atoms with E-state index in [0.29, 0.717) is 6.42 Å². The first-order valence-electron chi connectivity index (χ1n) is 6.92. The van der Waals surface area contributed by atoms with Crippen molar-refractivity contribution in [2.75, 3.05) is 0 Å². The minimum absolute atomic E-state index is 0.100. The Labute approximate surface area is 127 Å². The lowest BCUT2D eigenvalue weighted by atomic mass is 9.89. The zero-order valence-corrected chi connectivity index (χ0v) is 12.5. The van der Waals surface area contributed by atoms with Gasteiger partial charge in [-0.3, -0.25) is 9.59 Å². The molecule has 0 radical (unpaired) electrons. The van der Waals surface area contributed by atoms with Crippen molar-refractivity contribution in [2.24, 2.45) is 0 Å². The van der Waals surface area contributed by atoms with Gasteiger partial charge in [-0.15, -0.1) is 0 Å². The van der Waals surface area contributed by atoms with Crippen LogP contribution in [0.5, 0.6) is 0 Å². The number of alkyl halides is 3. The minimum atomic E-state index is -4.61. The van der Waals surface area contributed by atoms with E-state index in [1.807, 2.05) is 0 Å². The van der Waals surface area contributed by atoms with E-state index in [-0.39, 0.29) is 19.3 Å². The Morgan fingerprint density at radius 1 is 1.23 bits per heavy atom. The van der Waals surface area contributed by atoms with Crippen molar-refractivity contribution in [3.05, 3.63) is 24.3 Å². The molecule has 0 aromatic rings. The van der Waals surface area contributed by atoms with Gasteiger partial charge in [0.15, 0.2) is 6.10 Å². The van der Waals surface area contributed by atoms with Crippen LogP contribution in [0.15, 0.2) is 24.3 Å². The molecule has 7 heteroatoms. The molecule has 22 heavy (non-hydrogen) atoms. The van der Waals surface area contributed by atoms with E-state index in [4.69, 9.17) is 4.74 Å². The molecule has 0 aromatic carbocycles. The fraction of sp³-hybridized carbons (Fsp3) is 0.600. The second kappa shape index (κ2) is 7.47. The Morgan fingerprint density at radius 2 is 1.91 bits per heavy atom. The Kier molecular flexibility index (Phi) is 6.20. The number of allylic oxidation sites excluding steroid dienone is 2. The van der Waals surface area contributed by atoms with Crippen LogP contribution in [0.25, 0.3) is 0 Å². The summed E-state index contributed by atoms with van der Waals surface area (Å²) in [5, 5.41) is 0. The van der Waals surface area contributed by atoms with Crippen LogP contribution in [-0.4, -0.2) is 29.8 Å². The van der Waals surface area contributed by atoms with Crippen LogP contribution in [0.2, 0.25) is 0 Å². The molecule has 2 atom stereocenters. The molecular weight excluding hydrogens is 301 g/mol. The van der Waals surface area contributed by atoms with Crippen LogP contribution in [0.1, 0.15) is 39.5 Å². The molecule has 0 heterocycles. The third kappa shape index (κ3) is 5.91. The van der Waals surface area contributed by atoms with Crippen molar-refractivity contribution in [1.82, 2.24) is 0 Å². The highest BCUT2D eigenvalue weighted by Gasteiger charge is 2.42. The molecule has 0 saturated carbocycles. The van der Waals surface area contributed by atoms with Gasteiger partial charge in [0.25, 0.3) is 0 Å². The molecule has 1 aliphatic carbocycles. The van der Waals surface area contributed by atoms with Gasteiger partial charge in [0.1, 0.15) is 5.60 Å². The first-order valence-corrected chi connectivity index (χ1v) is 6.92. The smallest absolute Gasteiger partial charge is 0.425 e. The first kappa shape index (κ1) is 18.3. The lowest BCUT2D eigenvalue weighted by Gasteiger charge is -2.31. The molecule has 0 fully saturated rings.